The summed E-state index contributed by atoms with van der Waals surface area (Å²) in [5.74, 6) is -0.0514. The minimum Gasteiger partial charge on any atom is -0.378 e. The normalized spacial score (nSPS) is 23.7. The first-order valence-electron chi connectivity index (χ1n) is 9.37. The number of aromatic nitrogens is 3. The molecule has 2 aliphatic rings. The molecule has 1 aromatic heterocycles. The Morgan fingerprint density at radius 2 is 2.08 bits per heavy atom. The molecule has 2 aliphatic heterocycles. The lowest BCUT2D eigenvalue weighted by Gasteiger charge is -2.47. The van der Waals surface area contributed by atoms with Crippen molar-refractivity contribution >= 4 is 5.91 Å². The molecule has 7 heteroatoms. The van der Waals surface area contributed by atoms with E-state index in [0.717, 1.165) is 38.2 Å². The average molecular weight is 355 g/mol. The second-order valence-corrected chi connectivity index (χ2v) is 7.01. The summed E-state index contributed by atoms with van der Waals surface area (Å²) in [4.78, 5) is 17.3. The number of nitrogens with zero attached hydrogens (tertiary/aromatic N) is 5. The Labute approximate surface area is 153 Å². The Balaban J connectivity index is 1.44. The van der Waals surface area contributed by atoms with Crippen molar-refractivity contribution in [2.24, 2.45) is 0 Å². The second-order valence-electron chi connectivity index (χ2n) is 7.01. The van der Waals surface area contributed by atoms with Crippen LogP contribution in [-0.2, 0) is 4.74 Å². The van der Waals surface area contributed by atoms with Crippen LogP contribution in [0, 0.1) is 0 Å². The molecule has 1 amide bonds. The summed E-state index contributed by atoms with van der Waals surface area (Å²) < 4.78 is 7.43. The second kappa shape index (κ2) is 7.55. The van der Waals surface area contributed by atoms with Gasteiger partial charge in [-0.25, -0.2) is 4.68 Å². The number of fused-ring (bicyclic) bond motifs is 1. The fourth-order valence-electron chi connectivity index (χ4n) is 3.93. The molecule has 0 unspecified atom stereocenters. The van der Waals surface area contributed by atoms with Crippen LogP contribution in [0.5, 0.6) is 0 Å². The van der Waals surface area contributed by atoms with Gasteiger partial charge in [-0.05, 0) is 18.6 Å². The maximum Gasteiger partial charge on any atom is 0.276 e. The molecule has 1 aromatic carbocycles. The van der Waals surface area contributed by atoms with Crippen molar-refractivity contribution in [2.75, 3.05) is 32.8 Å². The number of morpholine rings is 1. The molecule has 2 atom stereocenters. The molecule has 0 aliphatic carbocycles. The number of para-hydroxylation sites is 1. The molecule has 7 nitrogen and oxygen atoms in total. The van der Waals surface area contributed by atoms with Crippen molar-refractivity contribution in [1.29, 1.82) is 0 Å². The Kier molecular flexibility index (Phi) is 4.99. The van der Waals surface area contributed by atoms with Crippen LogP contribution in [0.2, 0.25) is 0 Å². The van der Waals surface area contributed by atoms with Gasteiger partial charge in [0.15, 0.2) is 5.69 Å². The summed E-state index contributed by atoms with van der Waals surface area (Å²) in [6.45, 7) is 6.03. The van der Waals surface area contributed by atoms with Gasteiger partial charge in [0.2, 0.25) is 0 Å². The van der Waals surface area contributed by atoms with Crippen LogP contribution in [0.25, 0.3) is 5.69 Å². The number of rotatable bonds is 4. The number of piperazine rings is 1. The number of carbonyl (C=O) groups excluding carboxylic acids is 1. The minimum absolute atomic E-state index is 0.0514. The third-order valence-electron chi connectivity index (χ3n) is 5.26. The van der Waals surface area contributed by atoms with Crippen molar-refractivity contribution in [3.63, 3.8) is 0 Å². The first-order valence-corrected chi connectivity index (χ1v) is 9.37. The van der Waals surface area contributed by atoms with E-state index in [9.17, 15) is 4.79 Å². The van der Waals surface area contributed by atoms with E-state index in [1.807, 2.05) is 35.2 Å². The van der Waals surface area contributed by atoms with Gasteiger partial charge in [-0.3, -0.25) is 9.69 Å². The highest BCUT2D eigenvalue weighted by molar-refractivity contribution is 5.92. The standard InChI is InChI=1S/C19H25N5O2/c1-2-6-16-13-26-14-17-11-22(9-10-23(16)17)19(25)18-12-24(21-20-18)15-7-4-3-5-8-15/h3-5,7-8,12,16-17H,2,6,9-11,13-14H2,1H3/t16-,17+/m0/s1. The molecular weight excluding hydrogens is 330 g/mol. The molecule has 0 spiro atoms. The SMILES string of the molecule is CCC[C@H]1COC[C@H]2CN(C(=O)c3cn(-c4ccccc4)nn3)CCN12. The molecule has 26 heavy (non-hydrogen) atoms. The lowest BCUT2D eigenvalue weighted by atomic mass is 10.0. The number of hydrogen-bond donors (Lipinski definition) is 0. The maximum atomic E-state index is 12.9. The van der Waals surface area contributed by atoms with Gasteiger partial charge in [-0.1, -0.05) is 36.8 Å². The van der Waals surface area contributed by atoms with Crippen molar-refractivity contribution in [3.8, 4) is 5.69 Å². The zero-order valence-corrected chi connectivity index (χ0v) is 15.1. The quantitative estimate of drug-likeness (QED) is 0.833. The third kappa shape index (κ3) is 3.37. The average Bonchev–Trinajstić information content (AvgIpc) is 3.18. The Bertz CT molecular complexity index is 745. The molecule has 0 saturated carbocycles. The molecule has 0 bridgehead atoms. The zero-order valence-electron chi connectivity index (χ0n) is 15.1. The van der Waals surface area contributed by atoms with Crippen molar-refractivity contribution in [1.82, 2.24) is 24.8 Å². The van der Waals surface area contributed by atoms with Crippen molar-refractivity contribution in [2.45, 2.75) is 31.8 Å². The molecule has 0 radical (unpaired) electrons. The van der Waals surface area contributed by atoms with E-state index in [1.54, 1.807) is 10.9 Å². The highest BCUT2D eigenvalue weighted by atomic mass is 16.5. The molecule has 138 valence electrons. The Morgan fingerprint density at radius 1 is 1.23 bits per heavy atom. The summed E-state index contributed by atoms with van der Waals surface area (Å²) in [5.41, 5.74) is 1.29. The molecule has 3 heterocycles. The van der Waals surface area contributed by atoms with Gasteiger partial charge in [0.25, 0.3) is 5.91 Å². The Morgan fingerprint density at radius 3 is 2.88 bits per heavy atom. The monoisotopic (exact) mass is 355 g/mol. The van der Waals surface area contributed by atoms with E-state index in [1.165, 1.54) is 0 Å². The lowest BCUT2D eigenvalue weighted by molar-refractivity contribution is -0.0776. The van der Waals surface area contributed by atoms with Gasteiger partial charge in [-0.15, -0.1) is 5.10 Å². The predicted molar refractivity (Wildman–Crippen MR) is 97.3 cm³/mol. The van der Waals surface area contributed by atoms with Gasteiger partial charge in [0, 0.05) is 25.7 Å². The number of hydrogen-bond acceptors (Lipinski definition) is 5. The summed E-state index contributed by atoms with van der Waals surface area (Å²) >= 11 is 0. The van der Waals surface area contributed by atoms with Gasteiger partial charge in [0.05, 0.1) is 31.1 Å². The molecular formula is C19H25N5O2. The van der Waals surface area contributed by atoms with Crippen LogP contribution in [0.1, 0.15) is 30.3 Å². The van der Waals surface area contributed by atoms with Crippen LogP contribution in [0.3, 0.4) is 0 Å². The fraction of sp³-hybridized carbons (Fsp3) is 0.526. The van der Waals surface area contributed by atoms with E-state index in [4.69, 9.17) is 4.74 Å². The van der Waals surface area contributed by atoms with Gasteiger partial charge < -0.3 is 9.64 Å². The van der Waals surface area contributed by atoms with E-state index in [-0.39, 0.29) is 11.9 Å². The molecule has 2 saturated heterocycles. The lowest BCUT2D eigenvalue weighted by Crippen LogP contribution is -2.62. The number of benzene rings is 1. The summed E-state index contributed by atoms with van der Waals surface area (Å²) in [7, 11) is 0. The summed E-state index contributed by atoms with van der Waals surface area (Å²) in [5, 5.41) is 8.20. The van der Waals surface area contributed by atoms with Crippen LogP contribution in [-0.4, -0.2) is 75.6 Å². The predicted octanol–water partition coefficient (Wildman–Crippen LogP) is 1.59. The van der Waals surface area contributed by atoms with Crippen molar-refractivity contribution in [3.05, 3.63) is 42.2 Å². The Hall–Kier alpha value is -2.25. The van der Waals surface area contributed by atoms with E-state index in [2.05, 4.69) is 22.1 Å². The van der Waals surface area contributed by atoms with Gasteiger partial charge in [0.1, 0.15) is 0 Å². The first-order chi connectivity index (χ1) is 12.8. The molecule has 4 rings (SSSR count). The van der Waals surface area contributed by atoms with Gasteiger partial charge >= 0.3 is 0 Å². The molecule has 2 fully saturated rings. The van der Waals surface area contributed by atoms with Crippen LogP contribution in [0.4, 0.5) is 0 Å². The first kappa shape index (κ1) is 17.2. The van der Waals surface area contributed by atoms with E-state index in [0.29, 0.717) is 24.9 Å². The largest absolute Gasteiger partial charge is 0.378 e. The minimum atomic E-state index is -0.0514. The fourth-order valence-corrected chi connectivity index (χ4v) is 3.93. The molecule has 0 N–H and O–H groups in total. The number of carbonyl (C=O) groups is 1. The molecule has 2 aromatic rings. The van der Waals surface area contributed by atoms with Gasteiger partial charge in [-0.2, -0.15) is 0 Å². The van der Waals surface area contributed by atoms with Crippen LogP contribution >= 0.6 is 0 Å². The topological polar surface area (TPSA) is 63.5 Å². The number of ether oxygens (including phenoxy) is 1. The highest BCUT2D eigenvalue weighted by Gasteiger charge is 2.37. The summed E-state index contributed by atoms with van der Waals surface area (Å²) in [6.07, 6.45) is 4.01. The number of amides is 1. The van der Waals surface area contributed by atoms with Crippen molar-refractivity contribution < 1.29 is 9.53 Å². The summed E-state index contributed by atoms with van der Waals surface area (Å²) in [6, 6.07) is 10.5. The zero-order chi connectivity index (χ0) is 17.9. The van der Waals surface area contributed by atoms with E-state index >= 15 is 0 Å². The third-order valence-corrected chi connectivity index (χ3v) is 5.26. The smallest absolute Gasteiger partial charge is 0.276 e. The van der Waals surface area contributed by atoms with E-state index < -0.39 is 0 Å². The highest BCUT2D eigenvalue weighted by Crippen LogP contribution is 2.22. The van der Waals surface area contributed by atoms with Crippen LogP contribution in [0.15, 0.2) is 36.5 Å². The maximum absolute atomic E-state index is 12.9. The van der Waals surface area contributed by atoms with Crippen LogP contribution < -0.4 is 0 Å².